The minimum absolute atomic E-state index is 0.0843. The molecule has 1 N–H and O–H groups in total. The van der Waals surface area contributed by atoms with Crippen LogP contribution >= 0.6 is 0 Å². The van der Waals surface area contributed by atoms with Crippen molar-refractivity contribution in [2.75, 3.05) is 7.11 Å². The van der Waals surface area contributed by atoms with E-state index in [0.29, 0.717) is 5.52 Å². The molecule has 94 valence electrons. The number of esters is 1. The van der Waals surface area contributed by atoms with Gasteiger partial charge in [0.05, 0.1) is 7.11 Å². The lowest BCUT2D eigenvalue weighted by atomic mass is 10.2. The van der Waals surface area contributed by atoms with Crippen molar-refractivity contribution in [2.24, 2.45) is 0 Å². The molecule has 5 nitrogen and oxygen atoms in total. The van der Waals surface area contributed by atoms with E-state index in [1.54, 1.807) is 12.1 Å². The van der Waals surface area contributed by atoms with E-state index in [9.17, 15) is 9.59 Å². The van der Waals surface area contributed by atoms with Crippen LogP contribution in [0.15, 0.2) is 24.3 Å². The lowest BCUT2D eigenvalue weighted by Gasteiger charge is -2.06. The van der Waals surface area contributed by atoms with E-state index in [0.717, 1.165) is 10.9 Å². The zero-order chi connectivity index (χ0) is 13.3. The predicted octanol–water partition coefficient (Wildman–Crippen LogP) is 1.82. The summed E-state index contributed by atoms with van der Waals surface area (Å²) in [7, 11) is 1.28. The van der Waals surface area contributed by atoms with Gasteiger partial charge in [-0.25, -0.2) is 4.79 Å². The molecule has 0 amide bonds. The molecule has 1 aromatic heterocycles. The van der Waals surface area contributed by atoms with Crippen LogP contribution in [0.4, 0.5) is 0 Å². The second kappa shape index (κ2) is 4.52. The number of carbonyl (C=O) groups excluding carboxylic acids is 1. The first-order chi connectivity index (χ1) is 8.52. The van der Waals surface area contributed by atoms with Crippen LogP contribution in [0.1, 0.15) is 16.1 Å². The molecule has 0 radical (unpaired) electrons. The van der Waals surface area contributed by atoms with Crippen molar-refractivity contribution in [1.82, 2.24) is 4.57 Å². The number of carbonyl (C=O) groups is 2. The summed E-state index contributed by atoms with van der Waals surface area (Å²) in [6.45, 7) is 1.82. The molecule has 1 heterocycles. The predicted molar refractivity (Wildman–Crippen MR) is 65.7 cm³/mol. The number of carboxylic acids is 1. The van der Waals surface area contributed by atoms with Crippen LogP contribution in [0.3, 0.4) is 0 Å². The number of ether oxygens (including phenoxy) is 1. The number of methoxy groups -OCH3 is 1. The van der Waals surface area contributed by atoms with Crippen LogP contribution in [0.25, 0.3) is 10.9 Å². The normalized spacial score (nSPS) is 10.6. The first kappa shape index (κ1) is 12.2. The molecule has 0 saturated heterocycles. The molecule has 0 saturated carbocycles. The molecule has 1 aromatic carbocycles. The number of aryl methyl sites for hydroxylation is 1. The van der Waals surface area contributed by atoms with Crippen molar-refractivity contribution in [3.8, 4) is 0 Å². The molecule has 0 bridgehead atoms. The molecule has 2 rings (SSSR count). The lowest BCUT2D eigenvalue weighted by molar-refractivity contribution is -0.141. The Balaban J connectivity index is 2.62. The van der Waals surface area contributed by atoms with Gasteiger partial charge in [-0.05, 0) is 25.1 Å². The quantitative estimate of drug-likeness (QED) is 0.840. The van der Waals surface area contributed by atoms with Crippen molar-refractivity contribution in [3.05, 3.63) is 35.5 Å². The van der Waals surface area contributed by atoms with E-state index in [1.807, 2.05) is 19.1 Å². The van der Waals surface area contributed by atoms with Crippen molar-refractivity contribution >= 4 is 22.8 Å². The Kier molecular flexibility index (Phi) is 3.06. The van der Waals surface area contributed by atoms with E-state index in [2.05, 4.69) is 4.74 Å². The number of nitrogens with zero attached hydrogens (tertiary/aromatic N) is 1. The zero-order valence-electron chi connectivity index (χ0n) is 10.1. The third-order valence-corrected chi connectivity index (χ3v) is 2.79. The van der Waals surface area contributed by atoms with Gasteiger partial charge >= 0.3 is 11.9 Å². The molecule has 0 atom stereocenters. The standard InChI is InChI=1S/C13H13NO4/c1-8-3-4-10-9(5-8)6-11(13(16)17)14(10)7-12(15)18-2/h3-6H,7H2,1-2H3,(H,16,17). The molecule has 0 aliphatic rings. The minimum Gasteiger partial charge on any atom is -0.477 e. The number of fused-ring (bicyclic) bond motifs is 1. The minimum atomic E-state index is -1.06. The van der Waals surface area contributed by atoms with Crippen LogP contribution in [-0.4, -0.2) is 28.7 Å². The first-order valence-electron chi connectivity index (χ1n) is 5.43. The van der Waals surface area contributed by atoms with Crippen LogP contribution in [0, 0.1) is 6.92 Å². The molecule has 0 aliphatic heterocycles. The molecule has 5 heteroatoms. The molecule has 0 aliphatic carbocycles. The Morgan fingerprint density at radius 1 is 1.33 bits per heavy atom. The van der Waals surface area contributed by atoms with Crippen LogP contribution in [-0.2, 0) is 16.1 Å². The van der Waals surface area contributed by atoms with E-state index in [1.165, 1.54) is 11.7 Å². The average Bonchev–Trinajstić information content (AvgIpc) is 2.67. The maximum Gasteiger partial charge on any atom is 0.352 e. The van der Waals surface area contributed by atoms with Gasteiger partial charge in [0, 0.05) is 10.9 Å². The fraction of sp³-hybridized carbons (Fsp3) is 0.231. The highest BCUT2D eigenvalue weighted by molar-refractivity contribution is 5.95. The molecular weight excluding hydrogens is 234 g/mol. The Labute approximate surface area is 104 Å². The summed E-state index contributed by atoms with van der Waals surface area (Å²) >= 11 is 0. The third-order valence-electron chi connectivity index (χ3n) is 2.79. The van der Waals surface area contributed by atoms with Crippen molar-refractivity contribution in [1.29, 1.82) is 0 Å². The summed E-state index contributed by atoms with van der Waals surface area (Å²) in [4.78, 5) is 22.5. The van der Waals surface area contributed by atoms with E-state index >= 15 is 0 Å². The number of aromatic nitrogens is 1. The summed E-state index contributed by atoms with van der Waals surface area (Å²) in [6, 6.07) is 7.13. The number of rotatable bonds is 3. The summed E-state index contributed by atoms with van der Waals surface area (Å²) in [5.74, 6) is -1.54. The topological polar surface area (TPSA) is 68.5 Å². The number of carboxylic acid groups (broad SMARTS) is 1. The first-order valence-corrected chi connectivity index (χ1v) is 5.43. The van der Waals surface area contributed by atoms with Gasteiger partial charge in [-0.2, -0.15) is 0 Å². The number of hydrogen-bond donors (Lipinski definition) is 1. The van der Waals surface area contributed by atoms with Crippen LogP contribution < -0.4 is 0 Å². The third kappa shape index (κ3) is 2.07. The molecule has 18 heavy (non-hydrogen) atoms. The molecule has 2 aromatic rings. The Bertz CT molecular complexity index is 627. The van der Waals surface area contributed by atoms with Gasteiger partial charge in [-0.3, -0.25) is 4.79 Å². The summed E-state index contributed by atoms with van der Waals surface area (Å²) < 4.78 is 6.03. The average molecular weight is 247 g/mol. The van der Waals surface area contributed by atoms with Gasteiger partial charge in [0.2, 0.25) is 0 Å². The maximum absolute atomic E-state index is 11.3. The Morgan fingerprint density at radius 2 is 2.06 bits per heavy atom. The second-order valence-corrected chi connectivity index (χ2v) is 4.06. The van der Waals surface area contributed by atoms with Gasteiger partial charge in [0.25, 0.3) is 0 Å². The molecule has 0 fully saturated rings. The molecule has 0 unspecified atom stereocenters. The highest BCUT2D eigenvalue weighted by Gasteiger charge is 2.16. The lowest BCUT2D eigenvalue weighted by Crippen LogP contribution is -2.16. The smallest absolute Gasteiger partial charge is 0.352 e. The van der Waals surface area contributed by atoms with Gasteiger partial charge in [0.1, 0.15) is 12.2 Å². The number of hydrogen-bond acceptors (Lipinski definition) is 3. The van der Waals surface area contributed by atoms with Crippen LogP contribution in [0.2, 0.25) is 0 Å². The summed E-state index contributed by atoms with van der Waals surface area (Å²) in [5.41, 5.74) is 1.83. The highest BCUT2D eigenvalue weighted by Crippen LogP contribution is 2.21. The van der Waals surface area contributed by atoms with Gasteiger partial charge < -0.3 is 14.4 Å². The highest BCUT2D eigenvalue weighted by atomic mass is 16.5. The van der Waals surface area contributed by atoms with Crippen molar-refractivity contribution < 1.29 is 19.4 Å². The van der Waals surface area contributed by atoms with E-state index in [-0.39, 0.29) is 12.2 Å². The van der Waals surface area contributed by atoms with Gasteiger partial charge in [-0.15, -0.1) is 0 Å². The van der Waals surface area contributed by atoms with E-state index in [4.69, 9.17) is 5.11 Å². The molecular formula is C13H13NO4. The maximum atomic E-state index is 11.3. The molecule has 0 spiro atoms. The number of aromatic carboxylic acids is 1. The Morgan fingerprint density at radius 3 is 2.67 bits per heavy atom. The fourth-order valence-electron chi connectivity index (χ4n) is 1.93. The van der Waals surface area contributed by atoms with Gasteiger partial charge in [0.15, 0.2) is 0 Å². The number of benzene rings is 1. The van der Waals surface area contributed by atoms with Crippen molar-refractivity contribution in [2.45, 2.75) is 13.5 Å². The van der Waals surface area contributed by atoms with Crippen molar-refractivity contribution in [3.63, 3.8) is 0 Å². The Hall–Kier alpha value is -2.30. The van der Waals surface area contributed by atoms with E-state index < -0.39 is 11.9 Å². The van der Waals surface area contributed by atoms with Gasteiger partial charge in [-0.1, -0.05) is 11.6 Å². The summed E-state index contributed by atoms with van der Waals surface area (Å²) in [6.07, 6.45) is 0. The largest absolute Gasteiger partial charge is 0.477 e. The fourth-order valence-corrected chi connectivity index (χ4v) is 1.93. The summed E-state index contributed by atoms with van der Waals surface area (Å²) in [5, 5.41) is 9.95. The zero-order valence-corrected chi connectivity index (χ0v) is 10.1. The monoisotopic (exact) mass is 247 g/mol. The second-order valence-electron chi connectivity index (χ2n) is 4.06. The van der Waals surface area contributed by atoms with Crippen LogP contribution in [0.5, 0.6) is 0 Å². The SMILES string of the molecule is COC(=O)Cn1c(C(=O)O)cc2cc(C)ccc21.